The van der Waals surface area contributed by atoms with Gasteiger partial charge < -0.3 is 19.5 Å². The molecule has 0 fully saturated rings. The number of anilines is 1. The number of aromatic nitrogens is 3. The Labute approximate surface area is 188 Å². The summed E-state index contributed by atoms with van der Waals surface area (Å²) in [6, 6.07) is 23.7. The number of rotatable bonds is 6. The van der Waals surface area contributed by atoms with E-state index in [1.165, 1.54) is 0 Å². The minimum atomic E-state index is -0.803. The average molecular weight is 442 g/mol. The summed E-state index contributed by atoms with van der Waals surface area (Å²) in [7, 11) is 0. The van der Waals surface area contributed by atoms with E-state index < -0.39 is 18.5 Å². The lowest BCUT2D eigenvalue weighted by Crippen LogP contribution is -2.21. The van der Waals surface area contributed by atoms with Crippen molar-refractivity contribution in [1.82, 2.24) is 14.8 Å². The lowest BCUT2D eigenvalue weighted by molar-refractivity contribution is -0.119. The number of para-hydroxylation sites is 1. The fourth-order valence-corrected chi connectivity index (χ4v) is 3.29. The Morgan fingerprint density at radius 2 is 1.67 bits per heavy atom. The van der Waals surface area contributed by atoms with E-state index in [-0.39, 0.29) is 12.6 Å². The first-order chi connectivity index (χ1) is 16.2. The first-order valence-corrected chi connectivity index (χ1v) is 10.1. The Hall–Kier alpha value is -4.66. The molecule has 1 N–H and O–H groups in total. The highest BCUT2D eigenvalue weighted by atomic mass is 16.7. The van der Waals surface area contributed by atoms with Gasteiger partial charge in [0.1, 0.15) is 0 Å². The Balaban J connectivity index is 1.30. The van der Waals surface area contributed by atoms with Gasteiger partial charge in [0.15, 0.2) is 23.9 Å². The van der Waals surface area contributed by atoms with Crippen molar-refractivity contribution in [3.8, 4) is 28.6 Å². The maximum Gasteiger partial charge on any atom is 0.378 e. The average Bonchev–Trinajstić information content (AvgIpc) is 3.51. The molecule has 0 unspecified atom stereocenters. The van der Waals surface area contributed by atoms with E-state index in [9.17, 15) is 9.59 Å². The van der Waals surface area contributed by atoms with Gasteiger partial charge in [-0.3, -0.25) is 4.79 Å². The molecule has 164 valence electrons. The molecule has 1 aliphatic rings. The fraction of sp³-hybridized carbons (Fsp3) is 0.0833. The smallest absolute Gasteiger partial charge is 0.378 e. The van der Waals surface area contributed by atoms with E-state index in [1.807, 2.05) is 60.7 Å². The number of ether oxygens (including phenoxy) is 3. The molecule has 0 spiro atoms. The molecule has 1 aliphatic heterocycles. The van der Waals surface area contributed by atoms with E-state index in [0.29, 0.717) is 23.0 Å². The monoisotopic (exact) mass is 442 g/mol. The number of benzene rings is 3. The van der Waals surface area contributed by atoms with Gasteiger partial charge in [0.25, 0.3) is 11.7 Å². The SMILES string of the molecule is O=C(COC(=O)c1nc(-c2ccccc2)n(-c2ccccc2)n1)Nc1ccc2c(c1)OCO2. The summed E-state index contributed by atoms with van der Waals surface area (Å²) < 4.78 is 17.2. The van der Waals surface area contributed by atoms with E-state index in [1.54, 1.807) is 22.9 Å². The lowest BCUT2D eigenvalue weighted by atomic mass is 10.2. The van der Waals surface area contributed by atoms with Gasteiger partial charge in [-0.15, -0.1) is 5.10 Å². The van der Waals surface area contributed by atoms with E-state index >= 15 is 0 Å². The minimum Gasteiger partial charge on any atom is -0.454 e. The molecule has 2 heterocycles. The first kappa shape index (κ1) is 20.3. The third kappa shape index (κ3) is 4.38. The zero-order valence-corrected chi connectivity index (χ0v) is 17.3. The molecule has 0 atom stereocenters. The van der Waals surface area contributed by atoms with Gasteiger partial charge in [0.05, 0.1) is 5.69 Å². The molecule has 0 bridgehead atoms. The van der Waals surface area contributed by atoms with Crippen LogP contribution in [0.1, 0.15) is 10.6 Å². The topological polar surface area (TPSA) is 105 Å². The number of amides is 1. The van der Waals surface area contributed by atoms with Gasteiger partial charge in [-0.1, -0.05) is 48.5 Å². The second-order valence-electron chi connectivity index (χ2n) is 7.06. The van der Waals surface area contributed by atoms with Crippen LogP contribution < -0.4 is 14.8 Å². The first-order valence-electron chi connectivity index (χ1n) is 10.1. The maximum atomic E-state index is 12.6. The van der Waals surface area contributed by atoms with Crippen LogP contribution in [0.25, 0.3) is 17.1 Å². The third-order valence-electron chi connectivity index (χ3n) is 4.81. The molecule has 1 amide bonds. The van der Waals surface area contributed by atoms with Crippen molar-refractivity contribution in [2.45, 2.75) is 0 Å². The number of esters is 1. The second-order valence-corrected chi connectivity index (χ2v) is 7.06. The molecule has 33 heavy (non-hydrogen) atoms. The van der Waals surface area contributed by atoms with Gasteiger partial charge in [-0.2, -0.15) is 0 Å². The van der Waals surface area contributed by atoms with Crippen molar-refractivity contribution in [2.75, 3.05) is 18.7 Å². The Kier molecular flexibility index (Phi) is 5.42. The van der Waals surface area contributed by atoms with Gasteiger partial charge in [0, 0.05) is 17.3 Å². The van der Waals surface area contributed by atoms with Crippen LogP contribution in [-0.2, 0) is 9.53 Å². The van der Waals surface area contributed by atoms with E-state index in [2.05, 4.69) is 15.4 Å². The largest absolute Gasteiger partial charge is 0.454 e. The molecule has 1 aromatic heterocycles. The molecule has 3 aromatic carbocycles. The van der Waals surface area contributed by atoms with Gasteiger partial charge in [-0.25, -0.2) is 14.5 Å². The number of nitrogens with one attached hydrogen (secondary N) is 1. The Bertz CT molecular complexity index is 1250. The van der Waals surface area contributed by atoms with Gasteiger partial charge >= 0.3 is 5.97 Å². The predicted molar refractivity (Wildman–Crippen MR) is 118 cm³/mol. The molecule has 5 rings (SSSR count). The molecule has 9 heteroatoms. The summed E-state index contributed by atoms with van der Waals surface area (Å²) >= 11 is 0. The second kappa shape index (κ2) is 8.83. The number of fused-ring (bicyclic) bond motifs is 1. The number of hydrogen-bond acceptors (Lipinski definition) is 7. The van der Waals surface area contributed by atoms with Crippen LogP contribution in [0.5, 0.6) is 11.5 Å². The summed E-state index contributed by atoms with van der Waals surface area (Å²) in [6.07, 6.45) is 0. The maximum absolute atomic E-state index is 12.6. The quantitative estimate of drug-likeness (QED) is 0.456. The zero-order chi connectivity index (χ0) is 22.6. The molecule has 0 aliphatic carbocycles. The summed E-state index contributed by atoms with van der Waals surface area (Å²) in [4.78, 5) is 29.2. The zero-order valence-electron chi connectivity index (χ0n) is 17.3. The van der Waals surface area contributed by atoms with Crippen LogP contribution in [0.15, 0.2) is 78.9 Å². The summed E-state index contributed by atoms with van der Waals surface area (Å²) in [5.41, 5.74) is 2.02. The highest BCUT2D eigenvalue weighted by molar-refractivity contribution is 5.94. The lowest BCUT2D eigenvalue weighted by Gasteiger charge is -2.06. The standard InChI is InChI=1S/C24H18N4O5/c29-21(25-17-11-12-19-20(13-17)33-15-32-19)14-31-24(30)22-26-23(16-7-3-1-4-8-16)28(27-22)18-9-5-2-6-10-18/h1-13H,14-15H2,(H,25,29). The summed E-state index contributed by atoms with van der Waals surface area (Å²) in [5, 5.41) is 6.98. The molecule has 4 aromatic rings. The van der Waals surface area contributed by atoms with Crippen LogP contribution in [0.2, 0.25) is 0 Å². The van der Waals surface area contributed by atoms with Crippen molar-refractivity contribution in [2.24, 2.45) is 0 Å². The van der Waals surface area contributed by atoms with Crippen molar-refractivity contribution in [3.63, 3.8) is 0 Å². The fourth-order valence-electron chi connectivity index (χ4n) is 3.29. The molecule has 0 saturated carbocycles. The van der Waals surface area contributed by atoms with Crippen molar-refractivity contribution >= 4 is 17.6 Å². The van der Waals surface area contributed by atoms with Crippen LogP contribution in [0.3, 0.4) is 0 Å². The van der Waals surface area contributed by atoms with Crippen LogP contribution in [-0.4, -0.2) is 40.0 Å². The van der Waals surface area contributed by atoms with Gasteiger partial charge in [-0.05, 0) is 24.3 Å². The predicted octanol–water partition coefficient (Wildman–Crippen LogP) is 3.46. The van der Waals surface area contributed by atoms with Crippen LogP contribution in [0, 0.1) is 0 Å². The highest BCUT2D eigenvalue weighted by Crippen LogP contribution is 2.34. The van der Waals surface area contributed by atoms with Crippen LogP contribution in [0.4, 0.5) is 5.69 Å². The molecule has 0 saturated heterocycles. The van der Waals surface area contributed by atoms with Crippen molar-refractivity contribution in [1.29, 1.82) is 0 Å². The van der Waals surface area contributed by atoms with Crippen molar-refractivity contribution in [3.05, 3.63) is 84.7 Å². The Morgan fingerprint density at radius 1 is 0.939 bits per heavy atom. The number of nitrogens with zero attached hydrogens (tertiary/aromatic N) is 3. The summed E-state index contributed by atoms with van der Waals surface area (Å²) in [6.45, 7) is -0.355. The van der Waals surface area contributed by atoms with Gasteiger partial charge in [0.2, 0.25) is 6.79 Å². The van der Waals surface area contributed by atoms with E-state index in [4.69, 9.17) is 14.2 Å². The van der Waals surface area contributed by atoms with Crippen molar-refractivity contribution < 1.29 is 23.8 Å². The number of hydrogen-bond donors (Lipinski definition) is 1. The number of carbonyl (C=O) groups excluding carboxylic acids is 2. The summed E-state index contributed by atoms with van der Waals surface area (Å²) in [5.74, 6) is 0.172. The van der Waals surface area contributed by atoms with Crippen LogP contribution >= 0.6 is 0 Å². The Morgan fingerprint density at radius 3 is 2.45 bits per heavy atom. The van der Waals surface area contributed by atoms with E-state index in [0.717, 1.165) is 11.3 Å². The molecular weight excluding hydrogens is 424 g/mol. The number of carbonyl (C=O) groups is 2. The highest BCUT2D eigenvalue weighted by Gasteiger charge is 2.21. The normalized spacial score (nSPS) is 11.8. The third-order valence-corrected chi connectivity index (χ3v) is 4.81. The molecule has 9 nitrogen and oxygen atoms in total. The molecule has 0 radical (unpaired) electrons. The molecular formula is C24H18N4O5. The minimum absolute atomic E-state index is 0.137.